The molecule has 1 aliphatic rings. The van der Waals surface area contributed by atoms with Crippen LogP contribution < -0.4 is 20.1 Å². The zero-order chi connectivity index (χ0) is 20.8. The Morgan fingerprint density at radius 2 is 1.97 bits per heavy atom. The molecule has 2 N–H and O–H groups in total. The molecule has 2 amide bonds. The summed E-state index contributed by atoms with van der Waals surface area (Å²) in [5.74, 6) is 1.20. The van der Waals surface area contributed by atoms with Crippen LogP contribution in [0, 0.1) is 0 Å². The van der Waals surface area contributed by atoms with E-state index in [1.54, 1.807) is 45.5 Å². The van der Waals surface area contributed by atoms with Gasteiger partial charge in [0.15, 0.2) is 0 Å². The third kappa shape index (κ3) is 4.86. The summed E-state index contributed by atoms with van der Waals surface area (Å²) in [6, 6.07) is 12.8. The van der Waals surface area contributed by atoms with Gasteiger partial charge in [-0.15, -0.1) is 0 Å². The third-order valence-corrected chi connectivity index (χ3v) is 5.15. The van der Waals surface area contributed by atoms with Crippen molar-refractivity contribution in [3.63, 3.8) is 0 Å². The van der Waals surface area contributed by atoms with Crippen molar-refractivity contribution in [2.45, 2.75) is 18.9 Å². The highest BCUT2D eigenvalue weighted by Gasteiger charge is 2.30. The van der Waals surface area contributed by atoms with Crippen molar-refractivity contribution in [3.05, 3.63) is 53.6 Å². The average molecular weight is 397 g/mol. The summed E-state index contributed by atoms with van der Waals surface area (Å²) >= 11 is 0. The van der Waals surface area contributed by atoms with Gasteiger partial charge in [0.2, 0.25) is 5.91 Å². The number of hydrogen-bond donors (Lipinski definition) is 2. The normalized spacial score (nSPS) is 16.3. The highest BCUT2D eigenvalue weighted by atomic mass is 16.5. The smallest absolute Gasteiger partial charge is 0.251 e. The molecule has 0 saturated carbocycles. The van der Waals surface area contributed by atoms with E-state index in [2.05, 4.69) is 15.5 Å². The fraction of sp³-hybridized carbons (Fsp3) is 0.364. The molecule has 0 bridgehead atoms. The maximum absolute atomic E-state index is 12.6. The lowest BCUT2D eigenvalue weighted by atomic mass is 10.0. The standard InChI is InChI=1S/C22H27N3O4/c1-23-22(27)15-6-4-7-16(12-15)24-21(26)14-25-11-5-8-19(25)18-10-9-17(28-2)13-20(18)29-3/h4,6-7,9-10,12-13,19H,5,8,11,14H2,1-3H3,(H,23,27)(H,24,26)/t19-/m0/s1. The predicted octanol–water partition coefficient (Wildman–Crippen LogP) is 2.84. The zero-order valence-corrected chi connectivity index (χ0v) is 17.0. The van der Waals surface area contributed by atoms with Gasteiger partial charge in [-0.1, -0.05) is 12.1 Å². The summed E-state index contributed by atoms with van der Waals surface area (Å²) < 4.78 is 10.8. The molecule has 29 heavy (non-hydrogen) atoms. The Kier molecular flexibility index (Phi) is 6.72. The Bertz CT molecular complexity index is 884. The Morgan fingerprint density at radius 1 is 1.14 bits per heavy atom. The number of likely N-dealkylation sites (tertiary alicyclic amines) is 1. The second-order valence-corrected chi connectivity index (χ2v) is 6.94. The van der Waals surface area contributed by atoms with Crippen LogP contribution in [-0.2, 0) is 4.79 Å². The summed E-state index contributed by atoms with van der Waals surface area (Å²) in [4.78, 5) is 26.6. The van der Waals surface area contributed by atoms with E-state index in [1.807, 2.05) is 18.2 Å². The van der Waals surface area contributed by atoms with Gasteiger partial charge in [0.05, 0.1) is 20.8 Å². The van der Waals surface area contributed by atoms with E-state index in [9.17, 15) is 9.59 Å². The van der Waals surface area contributed by atoms with Crippen molar-refractivity contribution in [2.24, 2.45) is 0 Å². The van der Waals surface area contributed by atoms with Gasteiger partial charge in [-0.25, -0.2) is 0 Å². The first kappa shape index (κ1) is 20.7. The third-order valence-electron chi connectivity index (χ3n) is 5.15. The number of methoxy groups -OCH3 is 2. The zero-order valence-electron chi connectivity index (χ0n) is 17.0. The minimum atomic E-state index is -0.188. The molecule has 1 aliphatic heterocycles. The highest BCUT2D eigenvalue weighted by Crippen LogP contribution is 2.38. The van der Waals surface area contributed by atoms with Crippen molar-refractivity contribution in [3.8, 4) is 11.5 Å². The number of carbonyl (C=O) groups excluding carboxylic acids is 2. The minimum Gasteiger partial charge on any atom is -0.497 e. The molecule has 154 valence electrons. The van der Waals surface area contributed by atoms with Gasteiger partial charge >= 0.3 is 0 Å². The van der Waals surface area contributed by atoms with Crippen LogP contribution in [0.25, 0.3) is 0 Å². The molecule has 3 rings (SSSR count). The molecule has 0 aromatic heterocycles. The van der Waals surface area contributed by atoms with Crippen LogP contribution in [0.15, 0.2) is 42.5 Å². The number of anilines is 1. The molecule has 7 heteroatoms. The first-order valence-electron chi connectivity index (χ1n) is 9.63. The molecule has 1 atom stereocenters. The number of hydrogen-bond acceptors (Lipinski definition) is 5. The summed E-state index contributed by atoms with van der Waals surface area (Å²) in [7, 11) is 4.85. The summed E-state index contributed by atoms with van der Waals surface area (Å²) in [5, 5.41) is 5.48. The molecule has 0 unspecified atom stereocenters. The molecule has 1 fully saturated rings. The molecule has 2 aromatic carbocycles. The lowest BCUT2D eigenvalue weighted by molar-refractivity contribution is -0.117. The predicted molar refractivity (Wildman–Crippen MR) is 112 cm³/mol. The highest BCUT2D eigenvalue weighted by molar-refractivity contribution is 5.97. The first-order chi connectivity index (χ1) is 14.0. The number of rotatable bonds is 7. The molecule has 7 nitrogen and oxygen atoms in total. The molecule has 1 heterocycles. The van der Waals surface area contributed by atoms with Crippen LogP contribution >= 0.6 is 0 Å². The van der Waals surface area contributed by atoms with Crippen LogP contribution in [0.3, 0.4) is 0 Å². The van der Waals surface area contributed by atoms with E-state index in [0.717, 1.165) is 36.4 Å². The Hall–Kier alpha value is -3.06. The minimum absolute atomic E-state index is 0.110. The van der Waals surface area contributed by atoms with Crippen molar-refractivity contribution in [1.82, 2.24) is 10.2 Å². The van der Waals surface area contributed by atoms with Gasteiger partial charge in [0.1, 0.15) is 11.5 Å². The number of nitrogens with zero attached hydrogens (tertiary/aromatic N) is 1. The summed E-state index contributed by atoms with van der Waals surface area (Å²) in [6.07, 6.45) is 1.97. The molecule has 0 radical (unpaired) electrons. The molecule has 0 spiro atoms. The number of amides is 2. The SMILES string of the molecule is CNC(=O)c1cccc(NC(=O)CN2CCC[C@H]2c2ccc(OC)cc2OC)c1. The second-order valence-electron chi connectivity index (χ2n) is 6.94. The fourth-order valence-electron chi connectivity index (χ4n) is 3.73. The van der Waals surface area contributed by atoms with E-state index < -0.39 is 0 Å². The van der Waals surface area contributed by atoms with Crippen molar-refractivity contribution in [1.29, 1.82) is 0 Å². The lowest BCUT2D eigenvalue weighted by Gasteiger charge is -2.26. The van der Waals surface area contributed by atoms with E-state index in [-0.39, 0.29) is 24.4 Å². The van der Waals surface area contributed by atoms with Crippen molar-refractivity contribution < 1.29 is 19.1 Å². The van der Waals surface area contributed by atoms with E-state index in [4.69, 9.17) is 9.47 Å². The molecular weight excluding hydrogens is 370 g/mol. The lowest BCUT2D eigenvalue weighted by Crippen LogP contribution is -2.33. The Labute approximate surface area is 171 Å². The Balaban J connectivity index is 1.70. The maximum atomic E-state index is 12.6. The Morgan fingerprint density at radius 3 is 2.69 bits per heavy atom. The number of nitrogens with one attached hydrogen (secondary N) is 2. The topological polar surface area (TPSA) is 79.9 Å². The molecular formula is C22H27N3O4. The van der Waals surface area contributed by atoms with Gasteiger partial charge < -0.3 is 20.1 Å². The van der Waals surface area contributed by atoms with Crippen LogP contribution in [0.5, 0.6) is 11.5 Å². The second kappa shape index (κ2) is 9.43. The van der Waals surface area contributed by atoms with E-state index in [1.165, 1.54) is 0 Å². The number of benzene rings is 2. The first-order valence-corrected chi connectivity index (χ1v) is 9.63. The van der Waals surface area contributed by atoms with Gasteiger partial charge in [-0.3, -0.25) is 14.5 Å². The molecule has 1 saturated heterocycles. The summed E-state index contributed by atoms with van der Waals surface area (Å²) in [6.45, 7) is 1.11. The van der Waals surface area contributed by atoms with Crippen LogP contribution in [0.4, 0.5) is 5.69 Å². The van der Waals surface area contributed by atoms with Crippen molar-refractivity contribution in [2.75, 3.05) is 39.7 Å². The van der Waals surface area contributed by atoms with Crippen LogP contribution in [0.2, 0.25) is 0 Å². The van der Waals surface area contributed by atoms with E-state index in [0.29, 0.717) is 11.3 Å². The molecule has 2 aromatic rings. The quantitative estimate of drug-likeness (QED) is 0.751. The van der Waals surface area contributed by atoms with Crippen molar-refractivity contribution >= 4 is 17.5 Å². The monoisotopic (exact) mass is 397 g/mol. The largest absolute Gasteiger partial charge is 0.497 e. The van der Waals surface area contributed by atoms with Gasteiger partial charge in [-0.2, -0.15) is 0 Å². The van der Waals surface area contributed by atoms with Gasteiger partial charge in [0.25, 0.3) is 5.91 Å². The summed E-state index contributed by atoms with van der Waals surface area (Å²) in [5.41, 5.74) is 2.17. The van der Waals surface area contributed by atoms with Gasteiger partial charge in [0, 0.05) is 36.0 Å². The number of carbonyl (C=O) groups is 2. The van der Waals surface area contributed by atoms with Crippen LogP contribution in [0.1, 0.15) is 34.8 Å². The fourth-order valence-corrected chi connectivity index (χ4v) is 3.73. The molecule has 0 aliphatic carbocycles. The van der Waals surface area contributed by atoms with Crippen LogP contribution in [-0.4, -0.2) is 51.1 Å². The van der Waals surface area contributed by atoms with E-state index >= 15 is 0 Å². The van der Waals surface area contributed by atoms with Gasteiger partial charge in [-0.05, 0) is 43.7 Å². The average Bonchev–Trinajstić information content (AvgIpc) is 3.20. The number of ether oxygens (including phenoxy) is 2. The maximum Gasteiger partial charge on any atom is 0.251 e.